The standard InChI is InChI=1S/C75H132O6/c1-4-7-10-13-16-18-20-22-24-26-28-30-32-34-35-36-37-38-39-41-42-44-46-48-50-52-54-56-59-62-65-68-74(77)80-71-72(70-79-73(76)67-64-61-58-15-12-9-6-3)81-75(78)69-66-63-60-57-55-53-51-49-47-45-43-40-33-31-29-27-25-23-21-19-17-14-11-8-5-2/h8,11,17,19-20,22-23,25-26,28-29,31-32,34,72H,4-7,9-10,12-16,18,21,24,27,30,33,35-71H2,1-3H3/b11-8-,19-17-,22-20-,25-23-,28-26-,31-29-,34-32-. The minimum Gasteiger partial charge on any atom is -0.462 e. The van der Waals surface area contributed by atoms with Crippen LogP contribution in [0.4, 0.5) is 0 Å². The fourth-order valence-electron chi connectivity index (χ4n) is 10.2. The highest BCUT2D eigenvalue weighted by Gasteiger charge is 2.19. The molecule has 0 rings (SSSR count). The van der Waals surface area contributed by atoms with Gasteiger partial charge in [0.15, 0.2) is 6.10 Å². The van der Waals surface area contributed by atoms with Crippen molar-refractivity contribution in [1.82, 2.24) is 0 Å². The second-order valence-corrected chi connectivity index (χ2v) is 23.4. The van der Waals surface area contributed by atoms with Crippen molar-refractivity contribution in [2.24, 2.45) is 0 Å². The van der Waals surface area contributed by atoms with Gasteiger partial charge in [-0.05, 0) is 96.3 Å². The normalized spacial score (nSPS) is 12.6. The van der Waals surface area contributed by atoms with Crippen LogP contribution in [0, 0.1) is 0 Å². The van der Waals surface area contributed by atoms with Crippen molar-refractivity contribution >= 4 is 17.9 Å². The SMILES string of the molecule is CC/C=C\C/C=C\C/C=C\C/C=C\CCCCCCCCCCCCCCC(=O)OC(COC(=O)CCCCCCCCC)COC(=O)CCCCCCCCCCCCCCCCCC/C=C\C/C=C\C/C=C\CCCCCCC. The molecular weight excluding hydrogens is 997 g/mol. The summed E-state index contributed by atoms with van der Waals surface area (Å²) in [6.45, 7) is 6.51. The van der Waals surface area contributed by atoms with E-state index in [2.05, 4.69) is 106 Å². The van der Waals surface area contributed by atoms with Crippen LogP contribution >= 0.6 is 0 Å². The van der Waals surface area contributed by atoms with Crippen LogP contribution in [0.1, 0.15) is 355 Å². The van der Waals surface area contributed by atoms with E-state index >= 15 is 0 Å². The molecule has 6 heteroatoms. The lowest BCUT2D eigenvalue weighted by molar-refractivity contribution is -0.167. The van der Waals surface area contributed by atoms with Crippen LogP contribution in [-0.2, 0) is 28.6 Å². The van der Waals surface area contributed by atoms with Crippen LogP contribution in [-0.4, -0.2) is 37.2 Å². The summed E-state index contributed by atoms with van der Waals surface area (Å²) in [5.41, 5.74) is 0. The van der Waals surface area contributed by atoms with Gasteiger partial charge in [-0.25, -0.2) is 0 Å². The fourth-order valence-corrected chi connectivity index (χ4v) is 10.2. The average molecular weight is 1130 g/mol. The molecule has 468 valence electrons. The Bertz CT molecular complexity index is 1530. The lowest BCUT2D eigenvalue weighted by Crippen LogP contribution is -2.30. The van der Waals surface area contributed by atoms with E-state index in [1.54, 1.807) is 0 Å². The zero-order chi connectivity index (χ0) is 58.5. The molecule has 0 saturated carbocycles. The first-order valence-corrected chi connectivity index (χ1v) is 35.1. The average Bonchev–Trinajstić information content (AvgIpc) is 3.46. The van der Waals surface area contributed by atoms with Gasteiger partial charge in [0.25, 0.3) is 0 Å². The van der Waals surface area contributed by atoms with Gasteiger partial charge < -0.3 is 14.2 Å². The highest BCUT2D eigenvalue weighted by molar-refractivity contribution is 5.71. The van der Waals surface area contributed by atoms with Gasteiger partial charge in [-0.3, -0.25) is 14.4 Å². The minimum absolute atomic E-state index is 0.0733. The van der Waals surface area contributed by atoms with Gasteiger partial charge in [-0.2, -0.15) is 0 Å². The molecule has 0 radical (unpaired) electrons. The van der Waals surface area contributed by atoms with Crippen molar-refractivity contribution in [1.29, 1.82) is 0 Å². The van der Waals surface area contributed by atoms with E-state index in [-0.39, 0.29) is 31.1 Å². The molecule has 0 aromatic carbocycles. The predicted molar refractivity (Wildman–Crippen MR) is 353 cm³/mol. The van der Waals surface area contributed by atoms with Gasteiger partial charge in [0.05, 0.1) is 0 Å². The van der Waals surface area contributed by atoms with Gasteiger partial charge in [-0.15, -0.1) is 0 Å². The topological polar surface area (TPSA) is 78.9 Å². The Morgan fingerprint density at radius 2 is 0.481 bits per heavy atom. The molecule has 0 aromatic rings. The summed E-state index contributed by atoms with van der Waals surface area (Å²) in [7, 11) is 0. The largest absolute Gasteiger partial charge is 0.462 e. The maximum Gasteiger partial charge on any atom is 0.306 e. The van der Waals surface area contributed by atoms with Crippen LogP contribution in [0.5, 0.6) is 0 Å². The van der Waals surface area contributed by atoms with Crippen molar-refractivity contribution in [3.63, 3.8) is 0 Å². The van der Waals surface area contributed by atoms with E-state index in [9.17, 15) is 14.4 Å². The molecule has 6 nitrogen and oxygen atoms in total. The zero-order valence-corrected chi connectivity index (χ0v) is 53.8. The first kappa shape index (κ1) is 77.6. The molecule has 0 aliphatic rings. The number of hydrogen-bond donors (Lipinski definition) is 0. The Hall–Kier alpha value is -3.41. The van der Waals surface area contributed by atoms with Crippen molar-refractivity contribution in [2.45, 2.75) is 361 Å². The number of carbonyl (C=O) groups is 3. The Labute approximate surface area is 503 Å². The van der Waals surface area contributed by atoms with Crippen molar-refractivity contribution in [3.8, 4) is 0 Å². The fraction of sp³-hybridized carbons (Fsp3) is 0.773. The Balaban J connectivity index is 4.05. The van der Waals surface area contributed by atoms with Crippen LogP contribution in [0.25, 0.3) is 0 Å². The van der Waals surface area contributed by atoms with E-state index in [1.165, 1.54) is 218 Å². The summed E-state index contributed by atoms with van der Waals surface area (Å²) >= 11 is 0. The summed E-state index contributed by atoms with van der Waals surface area (Å²) in [6, 6.07) is 0. The van der Waals surface area contributed by atoms with Crippen molar-refractivity contribution in [3.05, 3.63) is 85.1 Å². The second kappa shape index (κ2) is 69.1. The summed E-state index contributed by atoms with van der Waals surface area (Å²) in [5, 5.41) is 0. The van der Waals surface area contributed by atoms with E-state index in [0.29, 0.717) is 19.3 Å². The molecule has 0 fully saturated rings. The van der Waals surface area contributed by atoms with E-state index in [1.807, 2.05) is 0 Å². The van der Waals surface area contributed by atoms with E-state index < -0.39 is 6.10 Å². The number of unbranched alkanes of at least 4 members (excludes halogenated alkanes) is 39. The molecule has 0 spiro atoms. The monoisotopic (exact) mass is 1130 g/mol. The van der Waals surface area contributed by atoms with Gasteiger partial charge in [-0.1, -0.05) is 324 Å². The van der Waals surface area contributed by atoms with E-state index in [0.717, 1.165) is 96.3 Å². The van der Waals surface area contributed by atoms with Crippen molar-refractivity contribution < 1.29 is 28.6 Å². The third-order valence-electron chi connectivity index (χ3n) is 15.4. The second-order valence-electron chi connectivity index (χ2n) is 23.4. The number of ether oxygens (including phenoxy) is 3. The first-order chi connectivity index (χ1) is 40.0. The van der Waals surface area contributed by atoms with Gasteiger partial charge >= 0.3 is 17.9 Å². The minimum atomic E-state index is -0.775. The Morgan fingerprint density at radius 1 is 0.259 bits per heavy atom. The maximum atomic E-state index is 12.9. The van der Waals surface area contributed by atoms with Crippen LogP contribution in [0.15, 0.2) is 85.1 Å². The zero-order valence-electron chi connectivity index (χ0n) is 53.8. The molecule has 0 amide bonds. The Kier molecular flexibility index (Phi) is 66.2. The summed E-state index contributed by atoms with van der Waals surface area (Å²) in [5.74, 6) is -0.866. The molecule has 81 heavy (non-hydrogen) atoms. The predicted octanol–water partition coefficient (Wildman–Crippen LogP) is 24.2. The number of esters is 3. The van der Waals surface area contributed by atoms with Gasteiger partial charge in [0, 0.05) is 19.3 Å². The molecule has 0 aliphatic carbocycles. The summed E-state index contributed by atoms with van der Waals surface area (Å²) in [4.78, 5) is 38.2. The van der Waals surface area contributed by atoms with Gasteiger partial charge in [0.2, 0.25) is 0 Å². The molecule has 1 unspecified atom stereocenters. The highest BCUT2D eigenvalue weighted by Crippen LogP contribution is 2.18. The first-order valence-electron chi connectivity index (χ1n) is 35.1. The molecule has 0 N–H and O–H groups in total. The number of carbonyl (C=O) groups excluding carboxylic acids is 3. The van der Waals surface area contributed by atoms with E-state index in [4.69, 9.17) is 14.2 Å². The van der Waals surface area contributed by atoms with Crippen LogP contribution in [0.2, 0.25) is 0 Å². The lowest BCUT2D eigenvalue weighted by Gasteiger charge is -2.18. The van der Waals surface area contributed by atoms with Crippen LogP contribution < -0.4 is 0 Å². The molecular formula is C75H132O6. The quantitative estimate of drug-likeness (QED) is 0.0261. The molecule has 0 aromatic heterocycles. The molecule has 0 aliphatic heterocycles. The summed E-state index contributed by atoms with van der Waals surface area (Å²) in [6.07, 6.45) is 92.1. The van der Waals surface area contributed by atoms with Crippen LogP contribution in [0.3, 0.4) is 0 Å². The molecule has 0 bridgehead atoms. The van der Waals surface area contributed by atoms with Crippen molar-refractivity contribution in [2.75, 3.05) is 13.2 Å². The smallest absolute Gasteiger partial charge is 0.306 e. The maximum absolute atomic E-state index is 12.9. The molecule has 0 heterocycles. The number of hydrogen-bond acceptors (Lipinski definition) is 6. The highest BCUT2D eigenvalue weighted by atomic mass is 16.6. The third-order valence-corrected chi connectivity index (χ3v) is 15.4. The van der Waals surface area contributed by atoms with Gasteiger partial charge in [0.1, 0.15) is 13.2 Å². The Morgan fingerprint density at radius 3 is 0.753 bits per heavy atom. The number of allylic oxidation sites excluding steroid dienone is 14. The third kappa shape index (κ3) is 67.3. The molecule has 1 atom stereocenters. The summed E-state index contributed by atoms with van der Waals surface area (Å²) < 4.78 is 16.9. The number of rotatable bonds is 64. The molecule has 0 saturated heterocycles. The lowest BCUT2D eigenvalue weighted by atomic mass is 10.0.